The summed E-state index contributed by atoms with van der Waals surface area (Å²) in [5.41, 5.74) is 3.10. The molecular formula is C33H51N7O4S. The number of likely N-dealkylation sites (N-methyl/N-ethyl adjacent to an activating group) is 1. The van der Waals surface area contributed by atoms with Crippen molar-refractivity contribution in [3.05, 3.63) is 41.2 Å². The number of nitrogens with one attached hydrogen (secondary N) is 1. The predicted octanol–water partition coefficient (Wildman–Crippen LogP) is 2.93. The number of hydrogen-bond acceptors (Lipinski definition) is 7. The first-order chi connectivity index (χ1) is 21.4. The number of carbonyl (C=O) groups excluding carboxylic acids is 2. The molecule has 1 aromatic carbocycles. The number of hydrogen-bond donors (Lipinski definition) is 1. The van der Waals surface area contributed by atoms with Gasteiger partial charge in [0.05, 0.1) is 16.3 Å². The molecule has 11 nitrogen and oxygen atoms in total. The van der Waals surface area contributed by atoms with E-state index in [2.05, 4.69) is 35.9 Å². The molecule has 4 heterocycles. The second-order valence-corrected chi connectivity index (χ2v) is 15.5. The van der Waals surface area contributed by atoms with Crippen LogP contribution < -0.4 is 5.32 Å². The van der Waals surface area contributed by atoms with Crippen molar-refractivity contribution >= 4 is 21.8 Å². The van der Waals surface area contributed by atoms with E-state index in [9.17, 15) is 18.0 Å². The Balaban J connectivity index is 1.27. The maximum atomic E-state index is 13.6. The number of sulfonamides is 1. The van der Waals surface area contributed by atoms with E-state index in [0.717, 1.165) is 48.6 Å². The van der Waals surface area contributed by atoms with E-state index in [4.69, 9.17) is 5.10 Å². The molecule has 5 rings (SSSR count). The van der Waals surface area contributed by atoms with Gasteiger partial charge in [0.2, 0.25) is 21.8 Å². The molecule has 1 atom stereocenters. The number of benzene rings is 1. The molecule has 3 saturated heterocycles. The summed E-state index contributed by atoms with van der Waals surface area (Å²) in [7, 11) is -1.53. The minimum atomic E-state index is -3.54. The van der Waals surface area contributed by atoms with E-state index < -0.39 is 21.6 Å². The third kappa shape index (κ3) is 6.70. The highest BCUT2D eigenvalue weighted by molar-refractivity contribution is 7.89. The van der Waals surface area contributed by atoms with Crippen LogP contribution in [0.15, 0.2) is 29.2 Å². The minimum absolute atomic E-state index is 0.00164. The van der Waals surface area contributed by atoms with E-state index in [-0.39, 0.29) is 11.8 Å². The maximum Gasteiger partial charge on any atom is 0.246 e. The number of carbonyl (C=O) groups is 2. The Labute approximate surface area is 269 Å². The summed E-state index contributed by atoms with van der Waals surface area (Å²) in [6.07, 6.45) is 3.74. The van der Waals surface area contributed by atoms with Gasteiger partial charge in [-0.25, -0.2) is 13.1 Å². The Bertz CT molecular complexity index is 1470. The van der Waals surface area contributed by atoms with Crippen LogP contribution in [-0.2, 0) is 26.2 Å². The molecule has 1 N–H and O–H groups in total. The number of aromatic nitrogens is 2. The van der Waals surface area contributed by atoms with Crippen molar-refractivity contribution < 1.29 is 18.0 Å². The average Bonchev–Trinajstić information content (AvgIpc) is 3.29. The molecule has 248 valence electrons. The molecule has 0 saturated carbocycles. The molecule has 0 bridgehead atoms. The molecule has 3 aliphatic heterocycles. The molecule has 45 heavy (non-hydrogen) atoms. The molecule has 0 radical (unpaired) electrons. The van der Waals surface area contributed by atoms with Crippen LogP contribution in [0, 0.1) is 19.8 Å². The topological polar surface area (TPSA) is 111 Å². The van der Waals surface area contributed by atoms with Crippen LogP contribution in [0.4, 0.5) is 0 Å². The van der Waals surface area contributed by atoms with Crippen LogP contribution >= 0.6 is 0 Å². The van der Waals surface area contributed by atoms with Crippen LogP contribution in [0.25, 0.3) is 5.69 Å². The molecular weight excluding hydrogens is 590 g/mol. The molecule has 0 aliphatic carbocycles. The summed E-state index contributed by atoms with van der Waals surface area (Å²) < 4.78 is 29.9. The largest absolute Gasteiger partial charge is 0.342 e. The van der Waals surface area contributed by atoms with E-state index >= 15 is 0 Å². The summed E-state index contributed by atoms with van der Waals surface area (Å²) in [4.78, 5) is 33.9. The van der Waals surface area contributed by atoms with Gasteiger partial charge in [0.15, 0.2) is 0 Å². The molecule has 2 amide bonds. The number of unbranched alkanes of at least 4 members (excludes halogenated alkanes) is 1. The van der Waals surface area contributed by atoms with Gasteiger partial charge in [0, 0.05) is 63.6 Å². The number of likely N-dealkylation sites (tertiary alicyclic amines) is 1. The molecule has 3 aliphatic rings. The molecule has 1 spiro atoms. The first-order valence-electron chi connectivity index (χ1n) is 16.6. The van der Waals surface area contributed by atoms with Gasteiger partial charge in [-0.05, 0) is 76.8 Å². The van der Waals surface area contributed by atoms with Gasteiger partial charge in [0.1, 0.15) is 11.6 Å². The monoisotopic (exact) mass is 641 g/mol. The fourth-order valence-electron chi connectivity index (χ4n) is 7.04. The average molecular weight is 642 g/mol. The third-order valence-electron chi connectivity index (χ3n) is 9.94. The highest BCUT2D eigenvalue weighted by atomic mass is 32.2. The highest BCUT2D eigenvalue weighted by Gasteiger charge is 2.53. The fraction of sp³-hybridized carbons (Fsp3) is 0.667. The van der Waals surface area contributed by atoms with Crippen molar-refractivity contribution in [1.82, 2.24) is 34.1 Å². The van der Waals surface area contributed by atoms with Crippen LogP contribution in [0.5, 0.6) is 0 Å². The normalized spacial score (nSPS) is 22.0. The minimum Gasteiger partial charge on any atom is -0.342 e. The lowest BCUT2D eigenvalue weighted by atomic mass is 9.80. The Morgan fingerprint density at radius 3 is 2.24 bits per heavy atom. The number of nitrogens with zero attached hydrogens (tertiary/aromatic N) is 6. The highest BCUT2D eigenvalue weighted by Crippen LogP contribution is 2.35. The van der Waals surface area contributed by atoms with E-state index in [1.165, 1.54) is 0 Å². The van der Waals surface area contributed by atoms with Crippen molar-refractivity contribution in [2.24, 2.45) is 5.92 Å². The molecule has 1 aromatic heterocycles. The lowest BCUT2D eigenvalue weighted by Gasteiger charge is -2.52. The zero-order valence-electron chi connectivity index (χ0n) is 27.9. The smallest absolute Gasteiger partial charge is 0.246 e. The van der Waals surface area contributed by atoms with Crippen LogP contribution in [-0.4, -0.2) is 113 Å². The molecule has 2 aromatic rings. The van der Waals surface area contributed by atoms with Crippen LogP contribution in [0.3, 0.4) is 0 Å². The maximum absolute atomic E-state index is 13.6. The fourth-order valence-corrected chi connectivity index (χ4v) is 8.46. The Morgan fingerprint density at radius 2 is 1.64 bits per heavy atom. The van der Waals surface area contributed by atoms with Gasteiger partial charge < -0.3 is 15.1 Å². The van der Waals surface area contributed by atoms with Crippen molar-refractivity contribution in [2.45, 2.75) is 89.7 Å². The quantitative estimate of drug-likeness (QED) is 0.425. The first-order valence-corrected chi connectivity index (χ1v) is 18.0. The van der Waals surface area contributed by atoms with E-state index in [1.54, 1.807) is 16.4 Å². The van der Waals surface area contributed by atoms with Crippen molar-refractivity contribution in [3.8, 4) is 5.69 Å². The summed E-state index contributed by atoms with van der Waals surface area (Å²) in [6.45, 7) is 15.5. The summed E-state index contributed by atoms with van der Waals surface area (Å²) in [6, 6.07) is 6.57. The number of aryl methyl sites for hydroxylation is 1. The molecule has 12 heteroatoms. The zero-order valence-corrected chi connectivity index (χ0v) is 28.7. The second-order valence-electron chi connectivity index (χ2n) is 13.6. The predicted molar refractivity (Wildman–Crippen MR) is 175 cm³/mol. The number of piperidine rings is 1. The van der Waals surface area contributed by atoms with Crippen molar-refractivity contribution in [3.63, 3.8) is 0 Å². The van der Waals surface area contributed by atoms with Crippen molar-refractivity contribution in [2.75, 3.05) is 52.9 Å². The Kier molecular flexibility index (Phi) is 10.1. The lowest BCUT2D eigenvalue weighted by molar-refractivity contribution is -0.161. The van der Waals surface area contributed by atoms with Gasteiger partial charge in [-0.3, -0.25) is 14.5 Å². The third-order valence-corrected chi connectivity index (χ3v) is 11.9. The summed E-state index contributed by atoms with van der Waals surface area (Å²) in [5, 5.41) is 7.92. The lowest BCUT2D eigenvalue weighted by Crippen LogP contribution is -2.73. The number of amides is 2. The Morgan fingerprint density at radius 1 is 1.00 bits per heavy atom. The summed E-state index contributed by atoms with van der Waals surface area (Å²) >= 11 is 0. The SMILES string of the molecule is CCCCN1C(=O)[C@H](CC(C)C)NC(=O)C12CCN(Cc1c(C)nn(-c3ccc(S(=O)(=O)N4CCN(C)CC4)cc3)c1C)CC2. The molecule has 3 fully saturated rings. The first kappa shape index (κ1) is 33.6. The van der Waals surface area contributed by atoms with Crippen molar-refractivity contribution in [1.29, 1.82) is 0 Å². The summed E-state index contributed by atoms with van der Waals surface area (Å²) in [5.74, 6) is 0.394. The van der Waals surface area contributed by atoms with E-state index in [0.29, 0.717) is 69.3 Å². The Hall–Kier alpha value is -2.80. The van der Waals surface area contributed by atoms with Gasteiger partial charge in [0.25, 0.3) is 0 Å². The van der Waals surface area contributed by atoms with E-state index in [1.807, 2.05) is 42.6 Å². The van der Waals surface area contributed by atoms with Gasteiger partial charge >= 0.3 is 0 Å². The van der Waals surface area contributed by atoms with Gasteiger partial charge in [-0.1, -0.05) is 27.2 Å². The molecule has 0 unspecified atom stereocenters. The van der Waals surface area contributed by atoms with Crippen LogP contribution in [0.1, 0.15) is 69.8 Å². The number of rotatable bonds is 10. The number of piperazine rings is 2. The second kappa shape index (κ2) is 13.5. The van der Waals surface area contributed by atoms with Crippen LogP contribution in [0.2, 0.25) is 0 Å². The zero-order chi connectivity index (χ0) is 32.5. The van der Waals surface area contributed by atoms with Gasteiger partial charge in [-0.2, -0.15) is 9.40 Å². The van der Waals surface area contributed by atoms with Gasteiger partial charge in [-0.15, -0.1) is 0 Å². The standard InChI is InChI=1S/C33H51N7O4S/c1-7-8-15-39-31(41)30(22-24(2)3)34-32(42)33(39)13-16-37(17-14-33)23-29-25(4)35-40(26(29)5)27-9-11-28(12-10-27)45(43,44)38-20-18-36(6)19-21-38/h9-12,24,30H,7-8,13-23H2,1-6H3,(H,34,42)/t30-/m0/s1.